The van der Waals surface area contributed by atoms with Crippen molar-refractivity contribution < 1.29 is 0 Å². The molecule has 0 heteroatoms. The fraction of sp³-hybridized carbons (Fsp3) is 0.222. The third-order valence-electron chi connectivity index (χ3n) is 1.25. The zero-order chi connectivity index (χ0) is 5.82. The summed E-state index contributed by atoms with van der Waals surface area (Å²) in [7, 11) is 0. The van der Waals surface area contributed by atoms with Crippen molar-refractivity contribution in [1.29, 1.82) is 0 Å². The minimum Gasteiger partial charge on any atom is -0.0622 e. The molecule has 3 radical (unpaired) electrons. The maximum Gasteiger partial charge on any atom is -0.0307 e. The van der Waals surface area contributed by atoms with Crippen molar-refractivity contribution in [3.63, 3.8) is 0 Å². The Bertz CT molecular complexity index is 141. The average Bonchev–Trinajstić information content (AvgIpc) is 1.90. The van der Waals surface area contributed by atoms with E-state index in [1.54, 1.807) is 0 Å². The van der Waals surface area contributed by atoms with Crippen LogP contribution < -0.4 is 0 Å². The van der Waals surface area contributed by atoms with Crippen LogP contribution in [0, 0.1) is 7.43 Å². The van der Waals surface area contributed by atoms with Crippen LogP contribution in [0.15, 0.2) is 30.3 Å². The van der Waals surface area contributed by atoms with Crippen molar-refractivity contribution in [3.05, 3.63) is 43.3 Å². The topological polar surface area (TPSA) is 0 Å². The lowest BCUT2D eigenvalue weighted by atomic mass is 10.2. The maximum absolute atomic E-state index is 2.16. The van der Waals surface area contributed by atoms with Crippen molar-refractivity contribution in [2.75, 3.05) is 0 Å². The molecule has 0 amide bonds. The van der Waals surface area contributed by atoms with Gasteiger partial charge in [0.1, 0.15) is 0 Å². The van der Waals surface area contributed by atoms with Gasteiger partial charge in [0.05, 0.1) is 0 Å². The number of hydrogen-bond donors (Lipinski definition) is 0. The maximum atomic E-state index is 2.16. The highest BCUT2D eigenvalue weighted by atomic mass is 13.9. The molecule has 0 heterocycles. The van der Waals surface area contributed by atoms with E-state index in [2.05, 4.69) is 31.2 Å². The van der Waals surface area contributed by atoms with Crippen LogP contribution in [0.2, 0.25) is 0 Å². The normalized spacial score (nSPS) is 8.11. The van der Waals surface area contributed by atoms with E-state index in [0.717, 1.165) is 6.42 Å². The van der Waals surface area contributed by atoms with Crippen LogP contribution in [0.3, 0.4) is 0 Å². The van der Waals surface area contributed by atoms with Gasteiger partial charge >= 0.3 is 0 Å². The van der Waals surface area contributed by atoms with Crippen molar-refractivity contribution in [2.24, 2.45) is 0 Å². The summed E-state index contributed by atoms with van der Waals surface area (Å²) in [6.45, 7) is 2.16. The summed E-state index contributed by atoms with van der Waals surface area (Å²) >= 11 is 0. The van der Waals surface area contributed by atoms with E-state index in [1.165, 1.54) is 5.56 Å². The van der Waals surface area contributed by atoms with Gasteiger partial charge in [0.2, 0.25) is 0 Å². The predicted octanol–water partition coefficient (Wildman–Crippen LogP) is 2.45. The number of hydrogen-bond acceptors (Lipinski definition) is 0. The Morgan fingerprint density at radius 1 is 1.11 bits per heavy atom. The smallest absolute Gasteiger partial charge is 0.0307 e. The molecular formula is C9H11. The Hall–Kier alpha value is -0.780. The molecule has 0 saturated carbocycles. The lowest BCUT2D eigenvalue weighted by Gasteiger charge is -1.89. The number of rotatable bonds is 1. The summed E-state index contributed by atoms with van der Waals surface area (Å²) < 4.78 is 0. The fourth-order valence-electron chi connectivity index (χ4n) is 0.714. The molecule has 0 atom stereocenters. The standard InChI is InChI=1S/C8H10.CH/c1-2-8-6-4-3-5-7-8;/h3-7H,2H2,1H3;1H. The van der Waals surface area contributed by atoms with Crippen molar-refractivity contribution in [2.45, 2.75) is 13.3 Å². The summed E-state index contributed by atoms with van der Waals surface area (Å²) in [5.74, 6) is 0. The van der Waals surface area contributed by atoms with Crippen LogP contribution in [0.25, 0.3) is 0 Å². The second-order valence-corrected chi connectivity index (χ2v) is 1.84. The third kappa shape index (κ3) is 2.31. The van der Waals surface area contributed by atoms with Gasteiger partial charge in [0.15, 0.2) is 0 Å². The van der Waals surface area contributed by atoms with E-state index in [0.29, 0.717) is 0 Å². The first kappa shape index (κ1) is 8.22. The first-order valence-corrected chi connectivity index (χ1v) is 2.97. The average molecular weight is 119 g/mol. The molecule has 0 aliphatic carbocycles. The molecule has 9 heavy (non-hydrogen) atoms. The van der Waals surface area contributed by atoms with Gasteiger partial charge in [0, 0.05) is 0 Å². The molecule has 0 N–H and O–H groups in total. The quantitative estimate of drug-likeness (QED) is 0.532. The van der Waals surface area contributed by atoms with E-state index >= 15 is 0 Å². The van der Waals surface area contributed by atoms with Gasteiger partial charge in [-0.1, -0.05) is 37.3 Å². The Morgan fingerprint density at radius 2 is 1.67 bits per heavy atom. The summed E-state index contributed by atoms with van der Waals surface area (Å²) in [5, 5.41) is 0. The zero-order valence-electron chi connectivity index (χ0n) is 5.67. The molecule has 1 aromatic carbocycles. The van der Waals surface area contributed by atoms with Gasteiger partial charge in [-0.3, -0.25) is 0 Å². The first-order chi connectivity index (χ1) is 3.93. The molecule has 0 saturated heterocycles. The van der Waals surface area contributed by atoms with Gasteiger partial charge < -0.3 is 0 Å². The Kier molecular flexibility index (Phi) is 3.78. The summed E-state index contributed by atoms with van der Waals surface area (Å²) in [4.78, 5) is 0. The lowest BCUT2D eigenvalue weighted by Crippen LogP contribution is -1.73. The summed E-state index contributed by atoms with van der Waals surface area (Å²) in [6, 6.07) is 10.5. The Labute approximate surface area is 57.5 Å². The molecule has 0 aliphatic rings. The lowest BCUT2D eigenvalue weighted by molar-refractivity contribution is 1.14. The Morgan fingerprint density at radius 3 is 2.00 bits per heavy atom. The van der Waals surface area contributed by atoms with E-state index in [1.807, 2.05) is 6.07 Å². The molecule has 0 aromatic heterocycles. The van der Waals surface area contributed by atoms with Crippen LogP contribution in [0.5, 0.6) is 0 Å². The van der Waals surface area contributed by atoms with Crippen LogP contribution >= 0.6 is 0 Å². The Balaban J connectivity index is 0.000000640. The highest BCUT2D eigenvalue weighted by Gasteiger charge is 1.79. The third-order valence-corrected chi connectivity index (χ3v) is 1.25. The monoisotopic (exact) mass is 119 g/mol. The van der Waals surface area contributed by atoms with Crippen LogP contribution in [0.1, 0.15) is 12.5 Å². The fourth-order valence-corrected chi connectivity index (χ4v) is 0.714. The van der Waals surface area contributed by atoms with Crippen molar-refractivity contribution >= 4 is 0 Å². The predicted molar refractivity (Wildman–Crippen MR) is 40.1 cm³/mol. The molecule has 1 aromatic rings. The molecule has 47 valence electrons. The first-order valence-electron chi connectivity index (χ1n) is 2.97. The van der Waals surface area contributed by atoms with Crippen LogP contribution in [-0.4, -0.2) is 0 Å². The highest BCUT2D eigenvalue weighted by Crippen LogP contribution is 1.96. The van der Waals surface area contributed by atoms with E-state index < -0.39 is 0 Å². The summed E-state index contributed by atoms with van der Waals surface area (Å²) in [5.41, 5.74) is 1.41. The second kappa shape index (κ2) is 4.13. The van der Waals surface area contributed by atoms with Gasteiger partial charge in [-0.15, -0.1) is 0 Å². The van der Waals surface area contributed by atoms with Crippen LogP contribution in [0.4, 0.5) is 0 Å². The van der Waals surface area contributed by atoms with Crippen molar-refractivity contribution in [3.8, 4) is 0 Å². The molecular weight excluding hydrogens is 108 g/mol. The van der Waals surface area contributed by atoms with Crippen molar-refractivity contribution in [1.82, 2.24) is 0 Å². The minimum atomic E-state index is 0. The number of benzene rings is 1. The molecule has 0 spiro atoms. The minimum absolute atomic E-state index is 0. The molecule has 0 fully saturated rings. The van der Waals surface area contributed by atoms with E-state index in [-0.39, 0.29) is 7.43 Å². The van der Waals surface area contributed by atoms with Gasteiger partial charge in [0.25, 0.3) is 0 Å². The van der Waals surface area contributed by atoms with Gasteiger partial charge in [-0.05, 0) is 19.4 Å². The van der Waals surface area contributed by atoms with Gasteiger partial charge in [-0.25, -0.2) is 0 Å². The second-order valence-electron chi connectivity index (χ2n) is 1.84. The number of aryl methyl sites for hydroxylation is 1. The molecule has 0 aliphatic heterocycles. The van der Waals surface area contributed by atoms with Crippen LogP contribution in [-0.2, 0) is 6.42 Å². The molecule has 0 unspecified atom stereocenters. The SMILES string of the molecule is CCc1ccccc1.[CH]. The highest BCUT2D eigenvalue weighted by molar-refractivity contribution is 5.13. The molecule has 0 nitrogen and oxygen atoms in total. The summed E-state index contributed by atoms with van der Waals surface area (Å²) in [6.07, 6.45) is 1.14. The molecule has 0 bridgehead atoms. The van der Waals surface area contributed by atoms with E-state index in [9.17, 15) is 0 Å². The largest absolute Gasteiger partial charge is 0.0622 e. The van der Waals surface area contributed by atoms with Gasteiger partial charge in [-0.2, -0.15) is 0 Å². The zero-order valence-corrected chi connectivity index (χ0v) is 5.67. The molecule has 1 rings (SSSR count). The van der Waals surface area contributed by atoms with E-state index in [4.69, 9.17) is 0 Å².